The van der Waals surface area contributed by atoms with Crippen molar-refractivity contribution < 1.29 is 4.39 Å². The summed E-state index contributed by atoms with van der Waals surface area (Å²) < 4.78 is 13.1. The first-order chi connectivity index (χ1) is 8.56. The van der Waals surface area contributed by atoms with Crippen LogP contribution in [0.1, 0.15) is 25.3 Å². The number of piperidine rings is 1. The van der Waals surface area contributed by atoms with Crippen molar-refractivity contribution >= 4 is 11.6 Å². The molecular formula is C14H20ClFN2. The molecule has 1 aliphatic rings. The molecule has 1 aromatic rings. The van der Waals surface area contributed by atoms with E-state index < -0.39 is 0 Å². The molecule has 0 spiro atoms. The summed E-state index contributed by atoms with van der Waals surface area (Å²) in [4.78, 5) is 2.38. The molecule has 0 bridgehead atoms. The van der Waals surface area contributed by atoms with E-state index in [1.54, 1.807) is 12.1 Å². The number of hydrogen-bond acceptors (Lipinski definition) is 2. The number of likely N-dealkylation sites (tertiary alicyclic amines) is 1. The molecule has 2 nitrogen and oxygen atoms in total. The summed E-state index contributed by atoms with van der Waals surface area (Å²) in [6.07, 6.45) is 2.29. The predicted molar refractivity (Wildman–Crippen MR) is 73.1 cm³/mol. The second-order valence-corrected chi connectivity index (χ2v) is 5.63. The Balaban J connectivity index is 1.89. The molecule has 100 valence electrons. The Labute approximate surface area is 113 Å². The van der Waals surface area contributed by atoms with Gasteiger partial charge in [0.15, 0.2) is 0 Å². The summed E-state index contributed by atoms with van der Waals surface area (Å²) in [5, 5.41) is 0.206. The summed E-state index contributed by atoms with van der Waals surface area (Å²) in [5.74, 6) is 0.286. The minimum Gasteiger partial charge on any atom is -0.328 e. The Kier molecular flexibility index (Phi) is 4.60. The van der Waals surface area contributed by atoms with E-state index in [-0.39, 0.29) is 16.9 Å². The van der Waals surface area contributed by atoms with Crippen molar-refractivity contribution in [3.8, 4) is 0 Å². The first-order valence-corrected chi connectivity index (χ1v) is 6.86. The molecule has 1 fully saturated rings. The highest BCUT2D eigenvalue weighted by molar-refractivity contribution is 6.30. The molecular weight excluding hydrogens is 251 g/mol. The maximum atomic E-state index is 13.1. The van der Waals surface area contributed by atoms with Crippen LogP contribution in [0, 0.1) is 11.7 Å². The van der Waals surface area contributed by atoms with Gasteiger partial charge in [-0.1, -0.05) is 17.7 Å². The van der Waals surface area contributed by atoms with Crippen molar-refractivity contribution in [1.29, 1.82) is 0 Å². The number of hydrogen-bond donors (Lipinski definition) is 1. The fourth-order valence-electron chi connectivity index (χ4n) is 2.53. The summed E-state index contributed by atoms with van der Waals surface area (Å²) in [6, 6.07) is 5.24. The van der Waals surface area contributed by atoms with E-state index in [0.29, 0.717) is 5.92 Å². The Hall–Kier alpha value is -0.640. The third-order valence-electron chi connectivity index (χ3n) is 3.77. The maximum Gasteiger partial charge on any atom is 0.141 e. The molecule has 0 aliphatic carbocycles. The van der Waals surface area contributed by atoms with Crippen LogP contribution >= 0.6 is 11.6 Å². The maximum absolute atomic E-state index is 13.1. The fourth-order valence-corrected chi connectivity index (χ4v) is 2.74. The van der Waals surface area contributed by atoms with Gasteiger partial charge in [0.1, 0.15) is 5.82 Å². The first kappa shape index (κ1) is 13.8. The second kappa shape index (κ2) is 6.00. The molecule has 1 saturated heterocycles. The van der Waals surface area contributed by atoms with Gasteiger partial charge < -0.3 is 5.73 Å². The second-order valence-electron chi connectivity index (χ2n) is 5.22. The lowest BCUT2D eigenvalue weighted by molar-refractivity contribution is 0.165. The van der Waals surface area contributed by atoms with Gasteiger partial charge in [-0.2, -0.15) is 0 Å². The van der Waals surface area contributed by atoms with E-state index in [0.717, 1.165) is 38.0 Å². The molecule has 0 aromatic heterocycles. The van der Waals surface area contributed by atoms with Crippen LogP contribution in [0.4, 0.5) is 4.39 Å². The summed E-state index contributed by atoms with van der Waals surface area (Å²) in [7, 11) is 0. The standard InChI is InChI=1S/C14H20ClFN2/c1-10(17)12-4-6-18(7-5-12)9-11-2-3-14(16)13(15)8-11/h2-3,8,10,12H,4-7,9,17H2,1H3. The van der Waals surface area contributed by atoms with Crippen LogP contribution < -0.4 is 5.73 Å². The van der Waals surface area contributed by atoms with Crippen molar-refractivity contribution in [2.45, 2.75) is 32.4 Å². The van der Waals surface area contributed by atoms with E-state index in [4.69, 9.17) is 17.3 Å². The number of nitrogens with zero attached hydrogens (tertiary/aromatic N) is 1. The molecule has 0 amide bonds. The Morgan fingerprint density at radius 3 is 2.67 bits per heavy atom. The van der Waals surface area contributed by atoms with E-state index in [1.165, 1.54) is 6.07 Å². The lowest BCUT2D eigenvalue weighted by atomic mass is 9.91. The molecule has 1 unspecified atom stereocenters. The van der Waals surface area contributed by atoms with Crippen LogP contribution in [0.25, 0.3) is 0 Å². The molecule has 0 saturated carbocycles. The summed E-state index contributed by atoms with van der Waals surface area (Å²) in [5.41, 5.74) is 6.99. The average molecular weight is 271 g/mol. The molecule has 1 atom stereocenters. The molecule has 1 heterocycles. The van der Waals surface area contributed by atoms with Crippen LogP contribution in [0.3, 0.4) is 0 Å². The average Bonchev–Trinajstić information content (AvgIpc) is 2.34. The van der Waals surface area contributed by atoms with Crippen LogP contribution in [-0.2, 0) is 6.54 Å². The van der Waals surface area contributed by atoms with Crippen LogP contribution in [0.15, 0.2) is 18.2 Å². The molecule has 2 rings (SSSR count). The van der Waals surface area contributed by atoms with Gasteiger partial charge in [0, 0.05) is 12.6 Å². The van der Waals surface area contributed by atoms with Gasteiger partial charge in [-0.05, 0) is 56.5 Å². The van der Waals surface area contributed by atoms with Crippen LogP contribution in [-0.4, -0.2) is 24.0 Å². The third-order valence-corrected chi connectivity index (χ3v) is 4.06. The molecule has 0 radical (unpaired) electrons. The quantitative estimate of drug-likeness (QED) is 0.915. The van der Waals surface area contributed by atoms with Crippen molar-refractivity contribution in [3.63, 3.8) is 0 Å². The van der Waals surface area contributed by atoms with Crippen LogP contribution in [0.5, 0.6) is 0 Å². The normalized spacial score (nSPS) is 20.0. The Morgan fingerprint density at radius 2 is 2.11 bits per heavy atom. The van der Waals surface area contributed by atoms with Crippen molar-refractivity contribution in [3.05, 3.63) is 34.6 Å². The predicted octanol–water partition coefficient (Wildman–Crippen LogP) is 3.04. The molecule has 4 heteroatoms. The van der Waals surface area contributed by atoms with Gasteiger partial charge in [-0.25, -0.2) is 4.39 Å². The summed E-state index contributed by atoms with van der Waals surface area (Å²) in [6.45, 7) is 5.04. The highest BCUT2D eigenvalue weighted by atomic mass is 35.5. The van der Waals surface area contributed by atoms with Crippen molar-refractivity contribution in [2.75, 3.05) is 13.1 Å². The van der Waals surface area contributed by atoms with E-state index in [9.17, 15) is 4.39 Å². The van der Waals surface area contributed by atoms with Crippen LogP contribution in [0.2, 0.25) is 5.02 Å². The topological polar surface area (TPSA) is 29.3 Å². The number of halogens is 2. The van der Waals surface area contributed by atoms with Gasteiger partial charge in [-0.3, -0.25) is 4.90 Å². The fraction of sp³-hybridized carbons (Fsp3) is 0.571. The van der Waals surface area contributed by atoms with E-state index in [2.05, 4.69) is 11.8 Å². The smallest absolute Gasteiger partial charge is 0.141 e. The zero-order chi connectivity index (χ0) is 13.1. The minimum absolute atomic E-state index is 0.206. The lowest BCUT2D eigenvalue weighted by Gasteiger charge is -2.33. The zero-order valence-corrected chi connectivity index (χ0v) is 11.5. The summed E-state index contributed by atoms with van der Waals surface area (Å²) >= 11 is 5.79. The highest BCUT2D eigenvalue weighted by Crippen LogP contribution is 2.22. The number of benzene rings is 1. The van der Waals surface area contributed by atoms with E-state index in [1.807, 2.05) is 0 Å². The number of nitrogens with two attached hydrogens (primary N) is 1. The Morgan fingerprint density at radius 1 is 1.44 bits per heavy atom. The third kappa shape index (κ3) is 3.44. The largest absolute Gasteiger partial charge is 0.328 e. The zero-order valence-electron chi connectivity index (χ0n) is 10.7. The minimum atomic E-state index is -0.351. The van der Waals surface area contributed by atoms with Gasteiger partial charge in [0.25, 0.3) is 0 Å². The van der Waals surface area contributed by atoms with Gasteiger partial charge >= 0.3 is 0 Å². The first-order valence-electron chi connectivity index (χ1n) is 6.48. The monoisotopic (exact) mass is 270 g/mol. The Bertz CT molecular complexity index is 401. The van der Waals surface area contributed by atoms with Crippen molar-refractivity contribution in [2.24, 2.45) is 11.7 Å². The van der Waals surface area contributed by atoms with Gasteiger partial charge in [-0.15, -0.1) is 0 Å². The molecule has 2 N–H and O–H groups in total. The number of rotatable bonds is 3. The molecule has 18 heavy (non-hydrogen) atoms. The van der Waals surface area contributed by atoms with E-state index >= 15 is 0 Å². The SMILES string of the molecule is CC(N)C1CCN(Cc2ccc(F)c(Cl)c2)CC1. The van der Waals surface area contributed by atoms with Gasteiger partial charge in [0.2, 0.25) is 0 Å². The highest BCUT2D eigenvalue weighted by Gasteiger charge is 2.21. The van der Waals surface area contributed by atoms with Gasteiger partial charge in [0.05, 0.1) is 5.02 Å². The lowest BCUT2D eigenvalue weighted by Crippen LogP contribution is -2.39. The molecule has 1 aliphatic heterocycles. The molecule has 1 aromatic carbocycles. The van der Waals surface area contributed by atoms with Crippen molar-refractivity contribution in [1.82, 2.24) is 4.90 Å².